The lowest BCUT2D eigenvalue weighted by molar-refractivity contribution is -0.139. The van der Waals surface area contributed by atoms with Crippen LogP contribution in [0.2, 0.25) is 0 Å². The maximum absolute atomic E-state index is 13.9. The SMILES string of the molecule is CC(C)C[C@@H](C(=O)N[C@@H](Cc1ccc(OCc2ccccc2)cc1)C(=O)N1CCN(Cc2ccccc2)CC1)N(C)C. The third kappa shape index (κ3) is 9.43. The van der Waals surface area contributed by atoms with Crippen LogP contribution in [0.15, 0.2) is 84.9 Å². The van der Waals surface area contributed by atoms with Crippen molar-refractivity contribution in [2.45, 2.75) is 51.9 Å². The zero-order valence-corrected chi connectivity index (χ0v) is 25.5. The predicted octanol–water partition coefficient (Wildman–Crippen LogP) is 4.61. The topological polar surface area (TPSA) is 65.1 Å². The van der Waals surface area contributed by atoms with Crippen molar-refractivity contribution in [2.24, 2.45) is 5.92 Å². The molecule has 0 bridgehead atoms. The third-order valence-corrected chi connectivity index (χ3v) is 7.78. The van der Waals surface area contributed by atoms with Gasteiger partial charge in [0.25, 0.3) is 0 Å². The van der Waals surface area contributed by atoms with Gasteiger partial charge in [0.05, 0.1) is 6.04 Å². The number of carbonyl (C=O) groups excluding carboxylic acids is 2. The molecule has 0 spiro atoms. The Morgan fingerprint density at radius 2 is 1.40 bits per heavy atom. The summed E-state index contributed by atoms with van der Waals surface area (Å²) in [4.78, 5) is 33.6. The van der Waals surface area contributed by atoms with E-state index in [1.807, 2.05) is 84.6 Å². The van der Waals surface area contributed by atoms with Crippen molar-refractivity contribution >= 4 is 11.8 Å². The molecule has 0 saturated carbocycles. The van der Waals surface area contributed by atoms with Crippen LogP contribution < -0.4 is 10.1 Å². The summed E-state index contributed by atoms with van der Waals surface area (Å²) >= 11 is 0. The van der Waals surface area contributed by atoms with Gasteiger partial charge in [0.2, 0.25) is 11.8 Å². The van der Waals surface area contributed by atoms with Crippen LogP contribution in [0.25, 0.3) is 0 Å². The molecule has 0 unspecified atom stereocenters. The minimum absolute atomic E-state index is 0.0193. The van der Waals surface area contributed by atoms with E-state index in [1.54, 1.807) is 0 Å². The number of hydrogen-bond donors (Lipinski definition) is 1. The number of amides is 2. The van der Waals surface area contributed by atoms with E-state index >= 15 is 0 Å². The van der Waals surface area contributed by atoms with Gasteiger partial charge < -0.3 is 15.0 Å². The van der Waals surface area contributed by atoms with E-state index in [2.05, 4.69) is 48.3 Å². The summed E-state index contributed by atoms with van der Waals surface area (Å²) in [6.45, 7) is 8.51. The predicted molar refractivity (Wildman–Crippen MR) is 168 cm³/mol. The van der Waals surface area contributed by atoms with E-state index in [4.69, 9.17) is 4.74 Å². The molecular formula is C35H46N4O3. The van der Waals surface area contributed by atoms with Gasteiger partial charge in [-0.1, -0.05) is 86.6 Å². The summed E-state index contributed by atoms with van der Waals surface area (Å²) in [5.74, 6) is 1.01. The Balaban J connectivity index is 1.42. The van der Waals surface area contributed by atoms with E-state index in [9.17, 15) is 9.59 Å². The molecule has 3 aromatic rings. The highest BCUT2D eigenvalue weighted by atomic mass is 16.5. The smallest absolute Gasteiger partial charge is 0.245 e. The number of carbonyl (C=O) groups is 2. The number of hydrogen-bond acceptors (Lipinski definition) is 5. The summed E-state index contributed by atoms with van der Waals surface area (Å²) in [5.41, 5.74) is 3.36. The van der Waals surface area contributed by atoms with Crippen molar-refractivity contribution in [1.29, 1.82) is 0 Å². The van der Waals surface area contributed by atoms with Gasteiger partial charge in [0.1, 0.15) is 18.4 Å². The number of nitrogens with one attached hydrogen (secondary N) is 1. The largest absolute Gasteiger partial charge is 0.489 e. The normalized spacial score (nSPS) is 15.4. The molecule has 1 heterocycles. The highest BCUT2D eigenvalue weighted by Gasteiger charge is 2.31. The highest BCUT2D eigenvalue weighted by molar-refractivity contribution is 5.90. The van der Waals surface area contributed by atoms with Crippen molar-refractivity contribution in [3.8, 4) is 5.75 Å². The van der Waals surface area contributed by atoms with Gasteiger partial charge in [-0.2, -0.15) is 0 Å². The van der Waals surface area contributed by atoms with Gasteiger partial charge in [0.15, 0.2) is 0 Å². The minimum Gasteiger partial charge on any atom is -0.489 e. The number of likely N-dealkylation sites (N-methyl/N-ethyl adjacent to an activating group) is 1. The molecule has 4 rings (SSSR count). The van der Waals surface area contributed by atoms with Crippen LogP contribution in [0.5, 0.6) is 5.75 Å². The fourth-order valence-electron chi connectivity index (χ4n) is 5.35. The average molecular weight is 571 g/mol. The Labute approximate surface area is 251 Å². The fourth-order valence-corrected chi connectivity index (χ4v) is 5.35. The van der Waals surface area contributed by atoms with Crippen LogP contribution in [-0.4, -0.2) is 78.9 Å². The molecule has 3 aromatic carbocycles. The maximum Gasteiger partial charge on any atom is 0.245 e. The second kappa shape index (κ2) is 15.5. The summed E-state index contributed by atoms with van der Waals surface area (Å²) in [6.07, 6.45) is 1.15. The number of rotatable bonds is 13. The first-order valence-corrected chi connectivity index (χ1v) is 15.1. The quantitative estimate of drug-likeness (QED) is 0.325. The molecule has 7 nitrogen and oxygen atoms in total. The average Bonchev–Trinajstić information content (AvgIpc) is 3.00. The Morgan fingerprint density at radius 3 is 1.98 bits per heavy atom. The lowest BCUT2D eigenvalue weighted by atomic mass is 10.00. The molecule has 1 fully saturated rings. The van der Waals surface area contributed by atoms with Gasteiger partial charge in [-0.05, 0) is 55.3 Å². The van der Waals surface area contributed by atoms with E-state index in [-0.39, 0.29) is 17.9 Å². The first kappa shape index (κ1) is 31.3. The van der Waals surface area contributed by atoms with Crippen LogP contribution >= 0.6 is 0 Å². The molecule has 0 aromatic heterocycles. The monoisotopic (exact) mass is 570 g/mol. The van der Waals surface area contributed by atoms with E-state index in [1.165, 1.54) is 5.56 Å². The van der Waals surface area contributed by atoms with E-state index < -0.39 is 6.04 Å². The van der Waals surface area contributed by atoms with Crippen molar-refractivity contribution in [3.05, 3.63) is 102 Å². The third-order valence-electron chi connectivity index (χ3n) is 7.78. The summed E-state index contributed by atoms with van der Waals surface area (Å²) in [7, 11) is 3.84. The van der Waals surface area contributed by atoms with Crippen LogP contribution in [0.3, 0.4) is 0 Å². The summed E-state index contributed by atoms with van der Waals surface area (Å²) < 4.78 is 5.95. The van der Waals surface area contributed by atoms with Crippen molar-refractivity contribution in [1.82, 2.24) is 20.0 Å². The maximum atomic E-state index is 13.9. The van der Waals surface area contributed by atoms with Crippen molar-refractivity contribution in [3.63, 3.8) is 0 Å². The van der Waals surface area contributed by atoms with Gasteiger partial charge in [-0.3, -0.25) is 19.4 Å². The van der Waals surface area contributed by atoms with E-state index in [0.717, 1.165) is 42.9 Å². The van der Waals surface area contributed by atoms with Gasteiger partial charge in [-0.15, -0.1) is 0 Å². The van der Waals surface area contributed by atoms with Gasteiger partial charge in [-0.25, -0.2) is 0 Å². The molecule has 2 amide bonds. The fraction of sp³-hybridized carbons (Fsp3) is 0.429. The molecule has 1 aliphatic heterocycles. The number of benzene rings is 3. The standard InChI is InChI=1S/C35H46N4O3/c1-27(2)23-33(37(3)4)34(40)36-32(24-28-15-17-31(18-16-28)42-26-30-13-9-6-10-14-30)35(41)39-21-19-38(20-22-39)25-29-11-7-5-8-12-29/h5-18,27,32-33H,19-26H2,1-4H3,(H,36,40)/t32-,33-/m0/s1. The lowest BCUT2D eigenvalue weighted by Crippen LogP contribution is -2.57. The Kier molecular flexibility index (Phi) is 11.6. The molecular weight excluding hydrogens is 524 g/mol. The van der Waals surface area contributed by atoms with Crippen LogP contribution in [0, 0.1) is 5.92 Å². The van der Waals surface area contributed by atoms with Crippen molar-refractivity contribution in [2.75, 3.05) is 40.3 Å². The Hall–Kier alpha value is -3.68. The highest BCUT2D eigenvalue weighted by Crippen LogP contribution is 2.18. The molecule has 1 aliphatic rings. The van der Waals surface area contributed by atoms with E-state index in [0.29, 0.717) is 32.0 Å². The van der Waals surface area contributed by atoms with Crippen LogP contribution in [-0.2, 0) is 29.2 Å². The molecule has 42 heavy (non-hydrogen) atoms. The minimum atomic E-state index is -0.635. The number of piperazine rings is 1. The Bertz CT molecular complexity index is 1240. The van der Waals surface area contributed by atoms with Gasteiger partial charge >= 0.3 is 0 Å². The molecule has 2 atom stereocenters. The molecule has 1 N–H and O–H groups in total. The molecule has 0 aliphatic carbocycles. The first-order valence-electron chi connectivity index (χ1n) is 15.1. The Morgan fingerprint density at radius 1 is 0.810 bits per heavy atom. The number of nitrogens with zero attached hydrogens (tertiary/aromatic N) is 3. The van der Waals surface area contributed by atoms with Crippen LogP contribution in [0.1, 0.15) is 37.0 Å². The zero-order chi connectivity index (χ0) is 29.9. The van der Waals surface area contributed by atoms with Crippen molar-refractivity contribution < 1.29 is 14.3 Å². The first-order chi connectivity index (χ1) is 20.3. The molecule has 1 saturated heterocycles. The summed E-state index contributed by atoms with van der Waals surface area (Å²) in [6, 6.07) is 27.4. The number of ether oxygens (including phenoxy) is 1. The lowest BCUT2D eigenvalue weighted by Gasteiger charge is -2.37. The molecule has 0 radical (unpaired) electrons. The second-order valence-corrected chi connectivity index (χ2v) is 11.9. The van der Waals surface area contributed by atoms with Gasteiger partial charge in [0, 0.05) is 39.1 Å². The summed E-state index contributed by atoms with van der Waals surface area (Å²) in [5, 5.41) is 3.15. The molecule has 224 valence electrons. The van der Waals surface area contributed by atoms with Crippen LogP contribution in [0.4, 0.5) is 0 Å². The molecule has 7 heteroatoms. The second-order valence-electron chi connectivity index (χ2n) is 11.9. The zero-order valence-electron chi connectivity index (χ0n) is 25.5.